The molecule has 1 aliphatic heterocycles. The zero-order valence-corrected chi connectivity index (χ0v) is 19.5. The molecule has 3 heterocycles. The van der Waals surface area contributed by atoms with Crippen LogP contribution in [0.25, 0.3) is 0 Å². The van der Waals surface area contributed by atoms with Crippen molar-refractivity contribution in [3.8, 4) is 0 Å². The number of aromatic amines is 1. The number of amides is 1. The van der Waals surface area contributed by atoms with Gasteiger partial charge in [-0.25, -0.2) is 9.97 Å². The maximum absolute atomic E-state index is 11.6. The highest BCUT2D eigenvalue weighted by Gasteiger charge is 2.19. The lowest BCUT2D eigenvalue weighted by Crippen LogP contribution is -2.33. The lowest BCUT2D eigenvalue weighted by molar-refractivity contribution is -0.115. The number of hydrogen-bond donors (Lipinski definition) is 3. The number of anilines is 4. The van der Waals surface area contributed by atoms with E-state index in [1.807, 2.05) is 50.2 Å². The average molecular weight is 452 g/mol. The number of H-pyrrole nitrogens is 1. The second-order valence-electron chi connectivity index (χ2n) is 8.15. The third-order valence-electron chi connectivity index (χ3n) is 5.43. The Morgan fingerprint density at radius 2 is 1.91 bits per heavy atom. The molecule has 0 atom stereocenters. The summed E-state index contributed by atoms with van der Waals surface area (Å²) in [7, 11) is 0. The summed E-state index contributed by atoms with van der Waals surface area (Å²) in [6, 6.07) is 11.7. The first-order chi connectivity index (χ1) is 15.5. The van der Waals surface area contributed by atoms with Crippen molar-refractivity contribution in [1.29, 1.82) is 0 Å². The van der Waals surface area contributed by atoms with Crippen molar-refractivity contribution in [3.05, 3.63) is 42.1 Å². The Bertz CT molecular complexity index is 1060. The number of carbonyl (C=O) groups excluding carboxylic acids is 1. The van der Waals surface area contributed by atoms with Crippen LogP contribution < -0.4 is 15.5 Å². The molecular weight excluding hydrogens is 422 g/mol. The van der Waals surface area contributed by atoms with Crippen LogP contribution in [0.3, 0.4) is 0 Å². The summed E-state index contributed by atoms with van der Waals surface area (Å²) >= 11 is 1.50. The Balaban J connectivity index is 1.56. The SMILES string of the molecule is CCC(=O)Nc1ccc(Sc2nc(Nc3cc(C)[nH]n3)cc(N3CCC(C)CC3)n2)cc1. The topological polar surface area (TPSA) is 98.8 Å². The lowest BCUT2D eigenvalue weighted by atomic mass is 9.99. The Kier molecular flexibility index (Phi) is 6.94. The van der Waals surface area contributed by atoms with Gasteiger partial charge >= 0.3 is 0 Å². The monoisotopic (exact) mass is 451 g/mol. The van der Waals surface area contributed by atoms with Gasteiger partial charge in [-0.05, 0) is 61.7 Å². The molecule has 1 aromatic carbocycles. The van der Waals surface area contributed by atoms with Gasteiger partial charge in [0.15, 0.2) is 11.0 Å². The number of aryl methyl sites for hydroxylation is 1. The second kappa shape index (κ2) is 10.0. The van der Waals surface area contributed by atoms with Gasteiger partial charge in [-0.3, -0.25) is 9.89 Å². The Morgan fingerprint density at radius 1 is 1.16 bits per heavy atom. The van der Waals surface area contributed by atoms with E-state index in [1.54, 1.807) is 0 Å². The molecule has 0 bridgehead atoms. The third-order valence-corrected chi connectivity index (χ3v) is 6.30. The molecule has 1 fully saturated rings. The van der Waals surface area contributed by atoms with Gasteiger partial charge in [0.1, 0.15) is 11.6 Å². The fraction of sp³-hybridized carbons (Fsp3) is 0.391. The smallest absolute Gasteiger partial charge is 0.224 e. The van der Waals surface area contributed by atoms with E-state index in [9.17, 15) is 4.79 Å². The molecule has 0 saturated carbocycles. The van der Waals surface area contributed by atoms with Gasteiger partial charge in [-0.2, -0.15) is 5.10 Å². The van der Waals surface area contributed by atoms with Gasteiger partial charge in [0.2, 0.25) is 5.91 Å². The number of carbonyl (C=O) groups is 1. The van der Waals surface area contributed by atoms with Crippen molar-refractivity contribution < 1.29 is 4.79 Å². The molecule has 1 saturated heterocycles. The van der Waals surface area contributed by atoms with E-state index in [4.69, 9.17) is 9.97 Å². The summed E-state index contributed by atoms with van der Waals surface area (Å²) in [5.41, 5.74) is 1.77. The van der Waals surface area contributed by atoms with Crippen LogP contribution in [-0.4, -0.2) is 39.2 Å². The number of nitrogens with one attached hydrogen (secondary N) is 3. The zero-order chi connectivity index (χ0) is 22.5. The van der Waals surface area contributed by atoms with Gasteiger partial charge in [0.25, 0.3) is 0 Å². The number of benzene rings is 1. The third kappa shape index (κ3) is 5.79. The van der Waals surface area contributed by atoms with Crippen LogP contribution in [-0.2, 0) is 4.79 Å². The minimum atomic E-state index is 0.00149. The molecule has 3 aromatic rings. The molecule has 0 unspecified atom stereocenters. The van der Waals surface area contributed by atoms with E-state index in [0.29, 0.717) is 11.6 Å². The van der Waals surface area contributed by atoms with Crippen LogP contribution >= 0.6 is 11.8 Å². The fourth-order valence-corrected chi connectivity index (χ4v) is 4.26. The maximum Gasteiger partial charge on any atom is 0.224 e. The van der Waals surface area contributed by atoms with Crippen molar-refractivity contribution in [1.82, 2.24) is 20.2 Å². The van der Waals surface area contributed by atoms with Gasteiger partial charge in [-0.1, -0.05) is 13.8 Å². The lowest BCUT2D eigenvalue weighted by Gasteiger charge is -2.31. The molecule has 0 aliphatic carbocycles. The van der Waals surface area contributed by atoms with Crippen molar-refractivity contribution in [2.75, 3.05) is 28.6 Å². The first-order valence-corrected chi connectivity index (χ1v) is 11.8. The molecule has 1 amide bonds. The summed E-state index contributed by atoms with van der Waals surface area (Å²) in [4.78, 5) is 24.5. The Morgan fingerprint density at radius 3 is 2.56 bits per heavy atom. The van der Waals surface area contributed by atoms with Crippen molar-refractivity contribution in [3.63, 3.8) is 0 Å². The predicted molar refractivity (Wildman–Crippen MR) is 129 cm³/mol. The average Bonchev–Trinajstić information content (AvgIpc) is 3.19. The standard InChI is InChI=1S/C23H29N7OS/c1-4-22(31)24-17-5-7-18(8-6-17)32-23-26-19(25-20-13-16(3)28-29-20)14-21(27-23)30-11-9-15(2)10-12-30/h5-8,13-15H,4,9-12H2,1-3H3,(H,24,31)(H2,25,26,27,28,29). The molecule has 9 heteroatoms. The van der Waals surface area contributed by atoms with Gasteiger partial charge < -0.3 is 15.5 Å². The van der Waals surface area contributed by atoms with Crippen LogP contribution in [0, 0.1) is 12.8 Å². The summed E-state index contributed by atoms with van der Waals surface area (Å²) in [5.74, 6) is 3.12. The minimum absolute atomic E-state index is 0.00149. The number of nitrogens with zero attached hydrogens (tertiary/aromatic N) is 4. The zero-order valence-electron chi connectivity index (χ0n) is 18.7. The number of rotatable bonds is 7. The largest absolute Gasteiger partial charge is 0.356 e. The molecule has 4 rings (SSSR count). The highest BCUT2D eigenvalue weighted by atomic mass is 32.2. The quantitative estimate of drug-likeness (QED) is 0.435. The summed E-state index contributed by atoms with van der Waals surface area (Å²) in [5, 5.41) is 14.0. The highest BCUT2D eigenvalue weighted by Crippen LogP contribution is 2.31. The Labute approximate surface area is 192 Å². The van der Waals surface area contributed by atoms with Crippen LogP contribution in [0.15, 0.2) is 46.5 Å². The molecule has 0 radical (unpaired) electrons. The second-order valence-corrected chi connectivity index (χ2v) is 9.19. The molecule has 32 heavy (non-hydrogen) atoms. The molecule has 168 valence electrons. The normalized spacial score (nSPS) is 14.4. The first kappa shape index (κ1) is 22.1. The number of hydrogen-bond acceptors (Lipinski definition) is 7. The molecular formula is C23H29N7OS. The molecule has 2 aromatic heterocycles. The number of aromatic nitrogens is 4. The van der Waals surface area contributed by atoms with Crippen molar-refractivity contribution in [2.24, 2.45) is 5.92 Å². The summed E-state index contributed by atoms with van der Waals surface area (Å²) < 4.78 is 0. The predicted octanol–water partition coefficient (Wildman–Crippen LogP) is 4.99. The van der Waals surface area contributed by atoms with E-state index in [2.05, 4.69) is 32.7 Å². The van der Waals surface area contributed by atoms with E-state index < -0.39 is 0 Å². The summed E-state index contributed by atoms with van der Waals surface area (Å²) in [6.07, 6.45) is 2.79. The molecule has 1 aliphatic rings. The summed E-state index contributed by atoms with van der Waals surface area (Å²) in [6.45, 7) is 8.09. The number of piperidine rings is 1. The van der Waals surface area contributed by atoms with E-state index in [-0.39, 0.29) is 5.91 Å². The van der Waals surface area contributed by atoms with Crippen LogP contribution in [0.1, 0.15) is 38.8 Å². The Hall–Kier alpha value is -3.07. The van der Waals surface area contributed by atoms with Crippen molar-refractivity contribution >= 4 is 40.8 Å². The van der Waals surface area contributed by atoms with Crippen molar-refractivity contribution in [2.45, 2.75) is 50.1 Å². The van der Waals surface area contributed by atoms with E-state index >= 15 is 0 Å². The molecule has 0 spiro atoms. The maximum atomic E-state index is 11.6. The molecule has 3 N–H and O–H groups in total. The van der Waals surface area contributed by atoms with Gasteiger partial charge in [0.05, 0.1) is 0 Å². The highest BCUT2D eigenvalue weighted by molar-refractivity contribution is 7.99. The fourth-order valence-electron chi connectivity index (χ4n) is 3.50. The van der Waals surface area contributed by atoms with Crippen LogP contribution in [0.4, 0.5) is 23.1 Å². The van der Waals surface area contributed by atoms with Crippen LogP contribution in [0.2, 0.25) is 0 Å². The molecule has 8 nitrogen and oxygen atoms in total. The first-order valence-electron chi connectivity index (χ1n) is 11.0. The van der Waals surface area contributed by atoms with Gasteiger partial charge in [-0.15, -0.1) is 0 Å². The van der Waals surface area contributed by atoms with E-state index in [1.165, 1.54) is 24.6 Å². The minimum Gasteiger partial charge on any atom is -0.356 e. The van der Waals surface area contributed by atoms with E-state index in [0.717, 1.165) is 52.7 Å². The van der Waals surface area contributed by atoms with Gasteiger partial charge in [0, 0.05) is 47.9 Å². The van der Waals surface area contributed by atoms with Crippen LogP contribution in [0.5, 0.6) is 0 Å².